The molecule has 6 heteroatoms. The predicted octanol–water partition coefficient (Wildman–Crippen LogP) is 2.97. The lowest BCUT2D eigenvalue weighted by Crippen LogP contribution is -2.55. The second kappa shape index (κ2) is 7.58. The van der Waals surface area contributed by atoms with E-state index in [1.54, 1.807) is 6.08 Å². The number of hydrogen-bond acceptors (Lipinski definition) is 4. The van der Waals surface area contributed by atoms with Gasteiger partial charge in [0.2, 0.25) is 0 Å². The van der Waals surface area contributed by atoms with E-state index in [4.69, 9.17) is 12.2 Å². The second-order valence-electron chi connectivity index (χ2n) is 6.67. The number of anilines is 1. The van der Waals surface area contributed by atoms with Crippen molar-refractivity contribution in [3.63, 3.8) is 0 Å². The Morgan fingerprint density at radius 3 is 2.12 bits per heavy atom. The van der Waals surface area contributed by atoms with Crippen LogP contribution in [0.3, 0.4) is 0 Å². The first-order chi connectivity index (χ1) is 12.5. The molecule has 2 aliphatic rings. The zero-order valence-electron chi connectivity index (χ0n) is 15.6. The molecule has 2 fully saturated rings. The zero-order valence-corrected chi connectivity index (χ0v) is 16.4. The highest BCUT2D eigenvalue weighted by Crippen LogP contribution is 2.26. The third kappa shape index (κ3) is 3.26. The number of thiocarbonyl (C=S) groups is 1. The average molecular weight is 372 g/mol. The Hall–Kier alpha value is -2.21. The van der Waals surface area contributed by atoms with Crippen molar-refractivity contribution < 1.29 is 9.59 Å². The first kappa shape index (κ1) is 18.6. The fraction of sp³-hybridized carbons (Fsp3) is 0.450. The molecule has 0 bridgehead atoms. The summed E-state index contributed by atoms with van der Waals surface area (Å²) in [5.74, 6) is -0.620. The van der Waals surface area contributed by atoms with Crippen LogP contribution < -0.4 is 4.90 Å². The second-order valence-corrected chi connectivity index (χ2v) is 7.04. The van der Waals surface area contributed by atoms with Crippen LogP contribution in [0, 0.1) is 6.92 Å². The lowest BCUT2D eigenvalue weighted by molar-refractivity contribution is -0.133. The summed E-state index contributed by atoms with van der Waals surface area (Å²) in [7, 11) is 0. The number of carbonyl (C=O) groups excluding carboxylic acids is 2. The van der Waals surface area contributed by atoms with Crippen molar-refractivity contribution in [1.82, 2.24) is 9.80 Å². The first-order valence-electron chi connectivity index (χ1n) is 9.22. The number of hydrogen-bond donors (Lipinski definition) is 0. The van der Waals surface area contributed by atoms with Gasteiger partial charge >= 0.3 is 0 Å². The predicted molar refractivity (Wildman–Crippen MR) is 108 cm³/mol. The summed E-state index contributed by atoms with van der Waals surface area (Å²) >= 11 is 5.30. The van der Waals surface area contributed by atoms with Crippen molar-refractivity contribution in [3.05, 3.63) is 34.9 Å². The Morgan fingerprint density at radius 1 is 1.04 bits per heavy atom. The van der Waals surface area contributed by atoms with Crippen molar-refractivity contribution in [2.24, 2.45) is 0 Å². The van der Waals surface area contributed by atoms with E-state index in [0.29, 0.717) is 18.2 Å². The van der Waals surface area contributed by atoms with E-state index in [9.17, 15) is 9.59 Å². The fourth-order valence-corrected chi connectivity index (χ4v) is 3.96. The molecular weight excluding hydrogens is 346 g/mol. The van der Waals surface area contributed by atoms with E-state index in [1.807, 2.05) is 26.8 Å². The number of benzene rings is 1. The van der Waals surface area contributed by atoms with Crippen LogP contribution >= 0.6 is 12.2 Å². The van der Waals surface area contributed by atoms with Gasteiger partial charge in [0.05, 0.1) is 0 Å². The number of carbonyl (C=O) groups is 2. The summed E-state index contributed by atoms with van der Waals surface area (Å²) in [5.41, 5.74) is 3.33. The maximum atomic E-state index is 12.7. The fourth-order valence-electron chi connectivity index (χ4n) is 3.53. The van der Waals surface area contributed by atoms with Crippen LogP contribution in [0.25, 0.3) is 6.08 Å². The molecule has 26 heavy (non-hydrogen) atoms. The third-order valence-electron chi connectivity index (χ3n) is 5.07. The normalized spacial score (nSPS) is 18.2. The molecule has 1 aromatic rings. The van der Waals surface area contributed by atoms with Gasteiger partial charge < -0.3 is 4.90 Å². The molecule has 3 rings (SSSR count). The maximum absolute atomic E-state index is 12.7. The Bertz CT molecular complexity index is 753. The number of amides is 2. The molecule has 2 amide bonds. The van der Waals surface area contributed by atoms with E-state index in [0.717, 1.165) is 24.2 Å². The van der Waals surface area contributed by atoms with Crippen LogP contribution in [0.2, 0.25) is 0 Å². The van der Waals surface area contributed by atoms with Gasteiger partial charge in [-0.3, -0.25) is 19.4 Å². The van der Waals surface area contributed by atoms with Gasteiger partial charge in [-0.2, -0.15) is 0 Å². The Morgan fingerprint density at radius 2 is 1.62 bits per heavy atom. The highest BCUT2D eigenvalue weighted by molar-refractivity contribution is 7.80. The molecule has 2 heterocycles. The first-order valence-corrected chi connectivity index (χ1v) is 9.63. The summed E-state index contributed by atoms with van der Waals surface area (Å²) < 4.78 is 0. The molecular formula is C20H25N3O2S. The molecule has 0 spiro atoms. The monoisotopic (exact) mass is 371 g/mol. The Labute approximate surface area is 160 Å². The number of nitrogens with zero attached hydrogens (tertiary/aromatic N) is 3. The zero-order chi connectivity index (χ0) is 18.8. The summed E-state index contributed by atoms with van der Waals surface area (Å²) in [4.78, 5) is 30.8. The van der Waals surface area contributed by atoms with E-state index >= 15 is 0 Å². The van der Waals surface area contributed by atoms with Gasteiger partial charge in [-0.15, -0.1) is 0 Å². The maximum Gasteiger partial charge on any atom is 0.265 e. The van der Waals surface area contributed by atoms with Gasteiger partial charge in [0, 0.05) is 31.9 Å². The van der Waals surface area contributed by atoms with Gasteiger partial charge in [-0.25, -0.2) is 0 Å². The van der Waals surface area contributed by atoms with Gasteiger partial charge in [0.25, 0.3) is 11.8 Å². The van der Waals surface area contributed by atoms with Crippen LogP contribution in [0.5, 0.6) is 0 Å². The average Bonchev–Trinajstić information content (AvgIpc) is 3.15. The minimum atomic E-state index is -0.310. The van der Waals surface area contributed by atoms with Crippen LogP contribution in [0.15, 0.2) is 23.8 Å². The lowest BCUT2D eigenvalue weighted by Gasteiger charge is -2.35. The SMILES string of the molecule is CCN1C(=O)C(=Cc2ccc(N3CCCC3)cc2C)C(=O)N(CC)C1=S. The minimum absolute atomic E-state index is 0.180. The number of rotatable bonds is 4. The Kier molecular flexibility index (Phi) is 5.41. The molecule has 0 atom stereocenters. The van der Waals surface area contributed by atoms with Gasteiger partial charge in [-0.1, -0.05) is 6.07 Å². The molecule has 0 unspecified atom stereocenters. The van der Waals surface area contributed by atoms with Crippen LogP contribution in [0.1, 0.15) is 37.8 Å². The largest absolute Gasteiger partial charge is 0.372 e. The quantitative estimate of drug-likeness (QED) is 0.464. The van der Waals surface area contributed by atoms with E-state index in [-0.39, 0.29) is 17.4 Å². The molecule has 2 saturated heterocycles. The van der Waals surface area contributed by atoms with Gasteiger partial charge in [-0.05, 0) is 75.2 Å². The van der Waals surface area contributed by atoms with Crippen molar-refractivity contribution in [2.45, 2.75) is 33.6 Å². The van der Waals surface area contributed by atoms with Crippen molar-refractivity contribution in [2.75, 3.05) is 31.1 Å². The smallest absolute Gasteiger partial charge is 0.265 e. The third-order valence-corrected chi connectivity index (χ3v) is 5.51. The molecule has 138 valence electrons. The summed E-state index contributed by atoms with van der Waals surface area (Å²) in [6.07, 6.45) is 4.17. The highest BCUT2D eigenvalue weighted by Gasteiger charge is 2.37. The lowest BCUT2D eigenvalue weighted by atomic mass is 10.0. The number of aryl methyl sites for hydroxylation is 1. The topological polar surface area (TPSA) is 43.9 Å². The van der Waals surface area contributed by atoms with Gasteiger partial charge in [0.1, 0.15) is 5.57 Å². The van der Waals surface area contributed by atoms with Crippen LogP contribution in [-0.4, -0.2) is 52.9 Å². The van der Waals surface area contributed by atoms with Crippen molar-refractivity contribution in [3.8, 4) is 0 Å². The molecule has 0 N–H and O–H groups in total. The molecule has 0 aromatic heterocycles. The Balaban J connectivity index is 1.95. The highest BCUT2D eigenvalue weighted by atomic mass is 32.1. The standard InChI is InChI=1S/C20H25N3O2S/c1-4-22-18(24)17(19(25)23(5-2)20(22)26)13-15-8-9-16(12-14(15)3)21-10-6-7-11-21/h8-9,12-13H,4-7,10-11H2,1-3H3. The molecule has 1 aromatic carbocycles. The molecule has 0 aliphatic carbocycles. The van der Waals surface area contributed by atoms with Crippen molar-refractivity contribution >= 4 is 40.9 Å². The van der Waals surface area contributed by atoms with E-state index < -0.39 is 0 Å². The number of likely N-dealkylation sites (N-methyl/N-ethyl adjacent to an activating group) is 2. The van der Waals surface area contributed by atoms with Crippen LogP contribution in [-0.2, 0) is 9.59 Å². The molecule has 0 radical (unpaired) electrons. The molecule has 0 saturated carbocycles. The molecule has 2 aliphatic heterocycles. The van der Waals surface area contributed by atoms with E-state index in [2.05, 4.69) is 17.0 Å². The van der Waals surface area contributed by atoms with E-state index in [1.165, 1.54) is 28.3 Å². The minimum Gasteiger partial charge on any atom is -0.372 e. The summed E-state index contributed by atoms with van der Waals surface area (Å²) in [6, 6.07) is 6.20. The molecule has 5 nitrogen and oxygen atoms in total. The van der Waals surface area contributed by atoms with Gasteiger partial charge in [0.15, 0.2) is 5.11 Å². The van der Waals surface area contributed by atoms with Crippen LogP contribution in [0.4, 0.5) is 5.69 Å². The summed E-state index contributed by atoms with van der Waals surface area (Å²) in [5, 5.41) is 0.295. The summed E-state index contributed by atoms with van der Waals surface area (Å²) in [6.45, 7) is 8.82. The van der Waals surface area contributed by atoms with Crippen molar-refractivity contribution in [1.29, 1.82) is 0 Å².